The molecule has 1 N–H and O–H groups in total. The molecule has 0 radical (unpaired) electrons. The van der Waals surface area contributed by atoms with Crippen molar-refractivity contribution < 1.29 is 9.59 Å². The topological polar surface area (TPSA) is 52.7 Å². The van der Waals surface area contributed by atoms with Gasteiger partial charge in [0.25, 0.3) is 0 Å². The van der Waals surface area contributed by atoms with Crippen molar-refractivity contribution in [2.45, 2.75) is 18.9 Å². The van der Waals surface area contributed by atoms with E-state index in [0.29, 0.717) is 26.2 Å². The predicted molar refractivity (Wildman–Crippen MR) is 88.9 cm³/mol. The highest BCUT2D eigenvalue weighted by Crippen LogP contribution is 2.35. The van der Waals surface area contributed by atoms with Gasteiger partial charge in [-0.25, -0.2) is 0 Å². The van der Waals surface area contributed by atoms with Crippen molar-refractivity contribution in [2.24, 2.45) is 0 Å². The van der Waals surface area contributed by atoms with Gasteiger partial charge in [-0.1, -0.05) is 30.3 Å². The van der Waals surface area contributed by atoms with E-state index in [9.17, 15) is 9.59 Å². The number of fused-ring (bicyclic) bond motifs is 1. The largest absolute Gasteiger partial charge is 0.353 e. The minimum Gasteiger partial charge on any atom is -0.353 e. The van der Waals surface area contributed by atoms with E-state index in [0.717, 1.165) is 12.8 Å². The fraction of sp³-hybridized carbons (Fsp3) is 0.444. The van der Waals surface area contributed by atoms with Crippen LogP contribution in [0.2, 0.25) is 0 Å². The van der Waals surface area contributed by atoms with Crippen LogP contribution in [-0.4, -0.2) is 54.3 Å². The number of hydrogen-bond acceptors (Lipinski definition) is 3. The van der Waals surface area contributed by atoms with Crippen molar-refractivity contribution in [2.75, 3.05) is 32.7 Å². The molecule has 5 nitrogen and oxygen atoms in total. The smallest absolute Gasteiger partial charge is 0.239 e. The maximum Gasteiger partial charge on any atom is 0.239 e. The standard InChI is InChI=1S/C18H23N3O2/c1-2-10-20(13-18(23)21-11-9-19-17(22)12-21)16-8-7-14-5-3-4-6-15(14)16/h2-6,16H,1,7-13H2,(H,19,22)/t16-/m0/s1. The van der Waals surface area contributed by atoms with Crippen molar-refractivity contribution in [3.8, 4) is 0 Å². The van der Waals surface area contributed by atoms with Gasteiger partial charge in [0.1, 0.15) is 0 Å². The number of carbonyl (C=O) groups excluding carboxylic acids is 2. The Morgan fingerprint density at radius 1 is 1.43 bits per heavy atom. The molecule has 0 unspecified atom stereocenters. The number of benzene rings is 1. The summed E-state index contributed by atoms with van der Waals surface area (Å²) in [5, 5.41) is 2.75. The van der Waals surface area contributed by atoms with E-state index in [-0.39, 0.29) is 24.4 Å². The summed E-state index contributed by atoms with van der Waals surface area (Å²) in [6, 6.07) is 8.70. The Labute approximate surface area is 137 Å². The Morgan fingerprint density at radius 3 is 3.04 bits per heavy atom. The number of amides is 2. The average Bonchev–Trinajstić information content (AvgIpc) is 2.98. The molecule has 1 atom stereocenters. The number of nitrogens with one attached hydrogen (secondary N) is 1. The van der Waals surface area contributed by atoms with Gasteiger partial charge in [0.2, 0.25) is 11.8 Å². The lowest BCUT2D eigenvalue weighted by Crippen LogP contribution is -2.52. The predicted octanol–water partition coefficient (Wildman–Crippen LogP) is 1.12. The fourth-order valence-corrected chi connectivity index (χ4v) is 3.51. The molecule has 23 heavy (non-hydrogen) atoms. The number of hydrogen-bond donors (Lipinski definition) is 1. The SMILES string of the molecule is C=CCN(CC(=O)N1CCNC(=O)C1)[C@H]1CCc2ccccc21. The minimum absolute atomic E-state index is 0.0195. The molecule has 1 aromatic carbocycles. The first-order valence-corrected chi connectivity index (χ1v) is 8.16. The molecular weight excluding hydrogens is 290 g/mol. The van der Waals surface area contributed by atoms with Crippen molar-refractivity contribution in [1.82, 2.24) is 15.1 Å². The van der Waals surface area contributed by atoms with Gasteiger partial charge in [0.15, 0.2) is 0 Å². The third kappa shape index (κ3) is 3.45. The van der Waals surface area contributed by atoms with Crippen LogP contribution in [-0.2, 0) is 16.0 Å². The second-order valence-electron chi connectivity index (χ2n) is 6.14. The summed E-state index contributed by atoms with van der Waals surface area (Å²) in [5.41, 5.74) is 2.69. The first-order valence-electron chi connectivity index (χ1n) is 8.16. The lowest BCUT2D eigenvalue weighted by molar-refractivity contribution is -0.139. The van der Waals surface area contributed by atoms with Crippen LogP contribution in [0.1, 0.15) is 23.6 Å². The highest BCUT2D eigenvalue weighted by Gasteiger charge is 2.30. The van der Waals surface area contributed by atoms with Crippen molar-refractivity contribution in [3.63, 3.8) is 0 Å². The first kappa shape index (κ1) is 15.7. The van der Waals surface area contributed by atoms with Crippen LogP contribution in [0.4, 0.5) is 0 Å². The van der Waals surface area contributed by atoms with Gasteiger partial charge in [-0.3, -0.25) is 14.5 Å². The van der Waals surface area contributed by atoms with Gasteiger partial charge < -0.3 is 10.2 Å². The molecule has 1 aliphatic heterocycles. The third-order valence-corrected chi connectivity index (χ3v) is 4.64. The van der Waals surface area contributed by atoms with Gasteiger partial charge in [0.05, 0.1) is 13.1 Å². The molecular formula is C18H23N3O2. The maximum absolute atomic E-state index is 12.6. The Kier molecular flexibility index (Phi) is 4.76. The monoisotopic (exact) mass is 313 g/mol. The normalized spacial score (nSPS) is 20.3. The van der Waals surface area contributed by atoms with Gasteiger partial charge >= 0.3 is 0 Å². The molecule has 0 saturated carbocycles. The molecule has 1 aliphatic carbocycles. The minimum atomic E-state index is -0.0777. The molecule has 0 spiro atoms. The summed E-state index contributed by atoms with van der Waals surface area (Å²) >= 11 is 0. The molecule has 122 valence electrons. The van der Waals surface area contributed by atoms with Crippen LogP contribution in [0.5, 0.6) is 0 Å². The molecule has 3 rings (SSSR count). The van der Waals surface area contributed by atoms with Gasteiger partial charge in [0, 0.05) is 25.7 Å². The van der Waals surface area contributed by atoms with E-state index in [1.165, 1.54) is 11.1 Å². The molecule has 1 heterocycles. The molecule has 1 saturated heterocycles. The van der Waals surface area contributed by atoms with Crippen LogP contribution in [0.3, 0.4) is 0 Å². The Balaban J connectivity index is 1.71. The van der Waals surface area contributed by atoms with E-state index >= 15 is 0 Å². The zero-order chi connectivity index (χ0) is 16.2. The third-order valence-electron chi connectivity index (χ3n) is 4.64. The fourth-order valence-electron chi connectivity index (χ4n) is 3.51. The second kappa shape index (κ2) is 6.96. The van der Waals surface area contributed by atoms with E-state index < -0.39 is 0 Å². The maximum atomic E-state index is 12.6. The van der Waals surface area contributed by atoms with Gasteiger partial charge in [-0.05, 0) is 24.0 Å². The van der Waals surface area contributed by atoms with E-state index in [2.05, 4.69) is 41.1 Å². The highest BCUT2D eigenvalue weighted by molar-refractivity contribution is 5.86. The molecule has 0 bridgehead atoms. The summed E-state index contributed by atoms with van der Waals surface area (Å²) in [6.45, 7) is 6.13. The second-order valence-corrected chi connectivity index (χ2v) is 6.14. The number of nitrogens with zero attached hydrogens (tertiary/aromatic N) is 2. The zero-order valence-electron chi connectivity index (χ0n) is 13.3. The van der Waals surface area contributed by atoms with E-state index in [1.807, 2.05) is 6.08 Å². The summed E-state index contributed by atoms with van der Waals surface area (Å²) in [5.74, 6) is -0.0582. The Bertz CT molecular complexity index is 614. The van der Waals surface area contributed by atoms with Gasteiger partial charge in [-0.2, -0.15) is 0 Å². The van der Waals surface area contributed by atoms with E-state index in [4.69, 9.17) is 0 Å². The summed E-state index contributed by atoms with van der Waals surface area (Å²) in [7, 11) is 0. The number of aryl methyl sites for hydroxylation is 1. The van der Waals surface area contributed by atoms with Crippen molar-refractivity contribution >= 4 is 11.8 Å². The number of carbonyl (C=O) groups is 2. The van der Waals surface area contributed by atoms with Crippen molar-refractivity contribution in [3.05, 3.63) is 48.0 Å². The van der Waals surface area contributed by atoms with Crippen LogP contribution in [0, 0.1) is 0 Å². The van der Waals surface area contributed by atoms with Crippen LogP contribution >= 0.6 is 0 Å². The van der Waals surface area contributed by atoms with E-state index in [1.54, 1.807) is 4.90 Å². The van der Waals surface area contributed by atoms with Crippen molar-refractivity contribution in [1.29, 1.82) is 0 Å². The molecule has 2 aliphatic rings. The molecule has 1 aromatic rings. The molecule has 5 heteroatoms. The van der Waals surface area contributed by atoms with Crippen LogP contribution in [0.25, 0.3) is 0 Å². The summed E-state index contributed by atoms with van der Waals surface area (Å²) in [4.78, 5) is 27.9. The lowest BCUT2D eigenvalue weighted by Gasteiger charge is -2.32. The quantitative estimate of drug-likeness (QED) is 0.829. The Morgan fingerprint density at radius 2 is 2.26 bits per heavy atom. The first-order chi connectivity index (χ1) is 11.2. The number of rotatable bonds is 5. The Hall–Kier alpha value is -2.14. The van der Waals surface area contributed by atoms with Crippen LogP contribution < -0.4 is 5.32 Å². The molecule has 2 amide bonds. The lowest BCUT2D eigenvalue weighted by atomic mass is 10.1. The van der Waals surface area contributed by atoms with Gasteiger partial charge in [-0.15, -0.1) is 6.58 Å². The summed E-state index contributed by atoms with van der Waals surface area (Å²) < 4.78 is 0. The highest BCUT2D eigenvalue weighted by atomic mass is 16.2. The summed E-state index contributed by atoms with van der Waals surface area (Å²) in [6.07, 6.45) is 3.92. The molecule has 0 aromatic heterocycles. The average molecular weight is 313 g/mol. The molecule has 1 fully saturated rings. The zero-order valence-corrected chi connectivity index (χ0v) is 13.3. The van der Waals surface area contributed by atoms with Crippen LogP contribution in [0.15, 0.2) is 36.9 Å². The number of piperazine rings is 1.